The van der Waals surface area contributed by atoms with Gasteiger partial charge in [-0.2, -0.15) is 0 Å². The van der Waals surface area contributed by atoms with Crippen molar-refractivity contribution in [1.29, 1.82) is 0 Å². The molecule has 1 amide bonds. The van der Waals surface area contributed by atoms with Crippen LogP contribution in [-0.2, 0) is 17.8 Å². The fourth-order valence-corrected chi connectivity index (χ4v) is 2.84. The molecule has 1 N–H and O–H groups in total. The summed E-state index contributed by atoms with van der Waals surface area (Å²) < 4.78 is 15.3. The number of benzene rings is 2. The molecule has 0 bridgehead atoms. The van der Waals surface area contributed by atoms with E-state index in [1.54, 1.807) is 12.1 Å². The van der Waals surface area contributed by atoms with E-state index in [4.69, 9.17) is 0 Å². The van der Waals surface area contributed by atoms with Crippen molar-refractivity contribution in [2.45, 2.75) is 26.3 Å². The van der Waals surface area contributed by atoms with E-state index in [1.807, 2.05) is 25.1 Å². The first-order chi connectivity index (χ1) is 11.6. The highest BCUT2D eigenvalue weighted by atomic mass is 19.1. The minimum atomic E-state index is -0.317. The lowest BCUT2D eigenvalue weighted by atomic mass is 10.1. The molecule has 0 aliphatic rings. The molecule has 0 aliphatic heterocycles. The van der Waals surface area contributed by atoms with Crippen LogP contribution in [0.1, 0.15) is 17.8 Å². The first kappa shape index (κ1) is 16.2. The molecule has 1 heterocycles. The summed E-state index contributed by atoms with van der Waals surface area (Å²) in [6.07, 6.45) is 1.01. The van der Waals surface area contributed by atoms with E-state index in [-0.39, 0.29) is 18.1 Å². The standard InChI is InChI=1S/C19H20FN3O/c1-14-22-17-8-2-3-9-18(17)23(14)11-5-10-21-19(24)13-15-6-4-7-16(20)12-15/h2-4,6-9,12H,5,10-11,13H2,1H3,(H,21,24). The highest BCUT2D eigenvalue weighted by molar-refractivity contribution is 5.78. The van der Waals surface area contributed by atoms with E-state index >= 15 is 0 Å². The van der Waals surface area contributed by atoms with E-state index in [0.717, 1.165) is 29.8 Å². The molecule has 0 radical (unpaired) electrons. The maximum atomic E-state index is 13.1. The van der Waals surface area contributed by atoms with E-state index in [1.165, 1.54) is 12.1 Å². The van der Waals surface area contributed by atoms with Gasteiger partial charge in [0.15, 0.2) is 0 Å². The maximum Gasteiger partial charge on any atom is 0.224 e. The van der Waals surface area contributed by atoms with Gasteiger partial charge in [-0.3, -0.25) is 4.79 Å². The van der Waals surface area contributed by atoms with Crippen molar-refractivity contribution in [2.24, 2.45) is 0 Å². The van der Waals surface area contributed by atoms with Crippen molar-refractivity contribution in [3.8, 4) is 0 Å². The van der Waals surface area contributed by atoms with E-state index in [2.05, 4.69) is 20.9 Å². The Labute approximate surface area is 140 Å². The SMILES string of the molecule is Cc1nc2ccccc2n1CCCNC(=O)Cc1cccc(F)c1. The fourth-order valence-electron chi connectivity index (χ4n) is 2.84. The van der Waals surface area contributed by atoms with Crippen molar-refractivity contribution in [3.05, 3.63) is 65.7 Å². The summed E-state index contributed by atoms with van der Waals surface area (Å²) in [5.41, 5.74) is 2.79. The minimum Gasteiger partial charge on any atom is -0.356 e. The molecule has 0 saturated heterocycles. The number of hydrogen-bond acceptors (Lipinski definition) is 2. The molecule has 124 valence electrons. The number of para-hydroxylation sites is 2. The third kappa shape index (κ3) is 3.79. The molecule has 3 rings (SSSR count). The first-order valence-electron chi connectivity index (χ1n) is 8.06. The highest BCUT2D eigenvalue weighted by Gasteiger charge is 2.07. The molecule has 1 aromatic heterocycles. The molecule has 24 heavy (non-hydrogen) atoms. The predicted octanol–water partition coefficient (Wildman–Crippen LogP) is 3.23. The van der Waals surface area contributed by atoms with Crippen LogP contribution in [0.4, 0.5) is 4.39 Å². The summed E-state index contributed by atoms with van der Waals surface area (Å²) in [6, 6.07) is 14.2. The van der Waals surface area contributed by atoms with Crippen molar-refractivity contribution in [3.63, 3.8) is 0 Å². The Balaban J connectivity index is 1.50. The number of nitrogens with one attached hydrogen (secondary N) is 1. The lowest BCUT2D eigenvalue weighted by Gasteiger charge is -2.08. The van der Waals surface area contributed by atoms with Gasteiger partial charge in [-0.1, -0.05) is 24.3 Å². The molecule has 0 saturated carbocycles. The van der Waals surface area contributed by atoms with Crippen molar-refractivity contribution in [1.82, 2.24) is 14.9 Å². The summed E-state index contributed by atoms with van der Waals surface area (Å²) in [5, 5.41) is 2.89. The Morgan fingerprint density at radius 3 is 2.88 bits per heavy atom. The van der Waals surface area contributed by atoms with E-state index in [9.17, 15) is 9.18 Å². The zero-order chi connectivity index (χ0) is 16.9. The van der Waals surface area contributed by atoms with Crippen molar-refractivity contribution < 1.29 is 9.18 Å². The fraction of sp³-hybridized carbons (Fsp3) is 0.263. The Morgan fingerprint density at radius 1 is 1.21 bits per heavy atom. The van der Waals surface area contributed by atoms with Gasteiger partial charge >= 0.3 is 0 Å². The van der Waals surface area contributed by atoms with Crippen LogP contribution in [0.25, 0.3) is 11.0 Å². The lowest BCUT2D eigenvalue weighted by Crippen LogP contribution is -2.26. The van der Waals surface area contributed by atoms with Gasteiger partial charge in [0.2, 0.25) is 5.91 Å². The Bertz CT molecular complexity index is 857. The number of aryl methyl sites for hydroxylation is 2. The van der Waals surface area contributed by atoms with Gasteiger partial charge in [-0.15, -0.1) is 0 Å². The van der Waals surface area contributed by atoms with Crippen molar-refractivity contribution >= 4 is 16.9 Å². The Kier molecular flexibility index (Phi) is 4.89. The van der Waals surface area contributed by atoms with Gasteiger partial charge < -0.3 is 9.88 Å². The van der Waals surface area contributed by atoms with Gasteiger partial charge in [-0.25, -0.2) is 9.37 Å². The molecule has 0 spiro atoms. The number of amides is 1. The van der Waals surface area contributed by atoms with Gasteiger partial charge in [0.05, 0.1) is 17.5 Å². The van der Waals surface area contributed by atoms with Crippen LogP contribution in [0.15, 0.2) is 48.5 Å². The topological polar surface area (TPSA) is 46.9 Å². The largest absolute Gasteiger partial charge is 0.356 e. The molecule has 4 nitrogen and oxygen atoms in total. The van der Waals surface area contributed by atoms with Crippen LogP contribution >= 0.6 is 0 Å². The zero-order valence-electron chi connectivity index (χ0n) is 13.6. The number of aromatic nitrogens is 2. The second-order valence-electron chi connectivity index (χ2n) is 5.81. The maximum absolute atomic E-state index is 13.1. The van der Waals surface area contributed by atoms with E-state index in [0.29, 0.717) is 12.1 Å². The summed E-state index contributed by atoms with van der Waals surface area (Å²) in [5.74, 6) is 0.567. The average molecular weight is 325 g/mol. The van der Waals surface area contributed by atoms with Crippen molar-refractivity contribution in [2.75, 3.05) is 6.54 Å². The van der Waals surface area contributed by atoms with Crippen LogP contribution in [-0.4, -0.2) is 22.0 Å². The molecule has 5 heteroatoms. The Hall–Kier alpha value is -2.69. The summed E-state index contributed by atoms with van der Waals surface area (Å²) in [7, 11) is 0. The monoisotopic (exact) mass is 325 g/mol. The van der Waals surface area contributed by atoms with Gasteiger partial charge in [0, 0.05) is 13.1 Å². The molecular weight excluding hydrogens is 305 g/mol. The first-order valence-corrected chi connectivity index (χ1v) is 8.06. The number of carbonyl (C=O) groups excluding carboxylic acids is 1. The molecule has 0 atom stereocenters. The Morgan fingerprint density at radius 2 is 2.04 bits per heavy atom. The van der Waals surface area contributed by atoms with Crippen LogP contribution in [0.3, 0.4) is 0 Å². The zero-order valence-corrected chi connectivity index (χ0v) is 13.6. The molecular formula is C19H20FN3O. The van der Waals surface area contributed by atoms with E-state index < -0.39 is 0 Å². The smallest absolute Gasteiger partial charge is 0.224 e. The van der Waals surface area contributed by atoms with Crippen LogP contribution in [0, 0.1) is 12.7 Å². The summed E-state index contributed by atoms with van der Waals surface area (Å²) in [4.78, 5) is 16.4. The predicted molar refractivity (Wildman–Crippen MR) is 92.2 cm³/mol. The molecule has 0 unspecified atom stereocenters. The normalized spacial score (nSPS) is 10.9. The van der Waals surface area contributed by atoms with Gasteiger partial charge in [0.25, 0.3) is 0 Å². The molecule has 0 fully saturated rings. The van der Waals surface area contributed by atoms with Crippen LogP contribution in [0.2, 0.25) is 0 Å². The third-order valence-electron chi connectivity index (χ3n) is 3.98. The lowest BCUT2D eigenvalue weighted by molar-refractivity contribution is -0.120. The second-order valence-corrected chi connectivity index (χ2v) is 5.81. The van der Waals surface area contributed by atoms with Gasteiger partial charge in [0.1, 0.15) is 11.6 Å². The number of imidazole rings is 1. The quantitative estimate of drug-likeness (QED) is 0.707. The molecule has 0 aliphatic carbocycles. The summed E-state index contributed by atoms with van der Waals surface area (Å²) in [6.45, 7) is 3.37. The number of halogens is 1. The minimum absolute atomic E-state index is 0.0900. The number of carbonyl (C=O) groups is 1. The van der Waals surface area contributed by atoms with Gasteiger partial charge in [-0.05, 0) is 43.2 Å². The molecule has 3 aromatic rings. The number of hydrogen-bond donors (Lipinski definition) is 1. The average Bonchev–Trinajstić information content (AvgIpc) is 2.87. The van der Waals surface area contributed by atoms with Crippen LogP contribution < -0.4 is 5.32 Å². The second kappa shape index (κ2) is 7.25. The van der Waals surface area contributed by atoms with Crippen LogP contribution in [0.5, 0.6) is 0 Å². The number of fused-ring (bicyclic) bond motifs is 1. The highest BCUT2D eigenvalue weighted by Crippen LogP contribution is 2.15. The number of rotatable bonds is 6. The number of nitrogens with zero attached hydrogens (tertiary/aromatic N) is 2. The summed E-state index contributed by atoms with van der Waals surface area (Å²) >= 11 is 0. The molecule has 2 aromatic carbocycles. The third-order valence-corrected chi connectivity index (χ3v) is 3.98.